The molecule has 2 aromatic heterocycles. The first kappa shape index (κ1) is 28.1. The lowest BCUT2D eigenvalue weighted by atomic mass is 9.49. The van der Waals surface area contributed by atoms with Crippen molar-refractivity contribution in [2.24, 2.45) is 11.3 Å². The summed E-state index contributed by atoms with van der Waals surface area (Å²) in [7, 11) is 1.41. The van der Waals surface area contributed by atoms with Crippen molar-refractivity contribution in [3.05, 3.63) is 71.0 Å². The molecule has 11 heteroatoms. The van der Waals surface area contributed by atoms with Crippen LogP contribution in [0.4, 0.5) is 4.39 Å². The minimum Gasteiger partial charge on any atom is -0.494 e. The molecule has 0 bridgehead atoms. The number of methoxy groups -OCH3 is 1. The van der Waals surface area contributed by atoms with E-state index < -0.39 is 5.82 Å². The van der Waals surface area contributed by atoms with Crippen molar-refractivity contribution in [3.8, 4) is 17.0 Å². The average molecular weight is 592 g/mol. The predicted molar refractivity (Wildman–Crippen MR) is 155 cm³/mol. The maximum Gasteiger partial charge on any atom is 0.302 e. The fraction of sp³-hybridized carbons (Fsp3) is 0.387. The SMILES string of the molecule is COc1cc(-c2cnc(Cn3ncc4cc(Cl)cc(C(=O)NC5CC6(CC(CCOC(C)=O)C6)C5)c43)cn2)ccc1F. The van der Waals surface area contributed by atoms with Crippen LogP contribution in [0.25, 0.3) is 22.2 Å². The molecule has 1 spiro atoms. The number of esters is 1. The normalized spacial score (nSPS) is 21.0. The van der Waals surface area contributed by atoms with Gasteiger partial charge in [-0.1, -0.05) is 11.6 Å². The fourth-order valence-corrected chi connectivity index (χ4v) is 6.70. The van der Waals surface area contributed by atoms with Crippen LogP contribution in [0, 0.1) is 17.2 Å². The number of carbonyl (C=O) groups excluding carboxylic acids is 2. The molecule has 218 valence electrons. The number of amides is 1. The summed E-state index contributed by atoms with van der Waals surface area (Å²) in [5.74, 6) is -0.144. The lowest BCUT2D eigenvalue weighted by Crippen LogP contribution is -2.56. The Morgan fingerprint density at radius 1 is 1.12 bits per heavy atom. The van der Waals surface area contributed by atoms with Crippen LogP contribution in [-0.4, -0.2) is 51.4 Å². The van der Waals surface area contributed by atoms with Crippen LogP contribution < -0.4 is 10.1 Å². The Hall–Kier alpha value is -4.05. The first-order chi connectivity index (χ1) is 20.2. The summed E-state index contributed by atoms with van der Waals surface area (Å²) in [6, 6.07) is 8.11. The molecule has 2 fully saturated rings. The third-order valence-electron chi connectivity index (χ3n) is 8.38. The Morgan fingerprint density at radius 2 is 1.93 bits per heavy atom. The van der Waals surface area contributed by atoms with Crippen LogP contribution in [0.1, 0.15) is 55.1 Å². The summed E-state index contributed by atoms with van der Waals surface area (Å²) in [5.41, 5.74) is 3.35. The fourth-order valence-electron chi connectivity index (χ4n) is 6.47. The number of halogens is 2. The molecule has 0 saturated heterocycles. The molecule has 6 rings (SSSR count). The van der Waals surface area contributed by atoms with Gasteiger partial charge in [0.1, 0.15) is 0 Å². The number of carbonyl (C=O) groups is 2. The molecular weight excluding hydrogens is 561 g/mol. The molecule has 1 amide bonds. The lowest BCUT2D eigenvalue weighted by molar-refractivity contribution is -0.142. The molecule has 2 heterocycles. The van der Waals surface area contributed by atoms with Crippen LogP contribution >= 0.6 is 11.6 Å². The zero-order valence-electron chi connectivity index (χ0n) is 23.4. The van der Waals surface area contributed by atoms with Gasteiger partial charge in [0.05, 0.1) is 61.3 Å². The van der Waals surface area contributed by atoms with Crippen molar-refractivity contribution in [2.45, 2.75) is 51.6 Å². The van der Waals surface area contributed by atoms with E-state index in [0.29, 0.717) is 57.5 Å². The Labute approximate surface area is 247 Å². The summed E-state index contributed by atoms with van der Waals surface area (Å²) in [6.07, 6.45) is 9.98. The first-order valence-electron chi connectivity index (χ1n) is 14.0. The van der Waals surface area contributed by atoms with Gasteiger partial charge in [-0.3, -0.25) is 24.2 Å². The average Bonchev–Trinajstić information content (AvgIpc) is 3.32. The van der Waals surface area contributed by atoms with Crippen molar-refractivity contribution in [2.75, 3.05) is 13.7 Å². The van der Waals surface area contributed by atoms with Gasteiger partial charge in [0.25, 0.3) is 5.91 Å². The van der Waals surface area contributed by atoms with Gasteiger partial charge in [0, 0.05) is 28.9 Å². The van der Waals surface area contributed by atoms with E-state index in [1.165, 1.54) is 20.1 Å². The van der Waals surface area contributed by atoms with Crippen LogP contribution in [0.15, 0.2) is 48.9 Å². The highest BCUT2D eigenvalue weighted by atomic mass is 35.5. The van der Waals surface area contributed by atoms with Crippen LogP contribution in [0.2, 0.25) is 5.02 Å². The van der Waals surface area contributed by atoms with Gasteiger partial charge in [0.2, 0.25) is 0 Å². The summed E-state index contributed by atoms with van der Waals surface area (Å²) in [4.78, 5) is 33.5. The third kappa shape index (κ3) is 5.68. The van der Waals surface area contributed by atoms with E-state index in [1.807, 2.05) is 0 Å². The van der Waals surface area contributed by atoms with Gasteiger partial charge >= 0.3 is 5.97 Å². The molecule has 2 aliphatic rings. The van der Waals surface area contributed by atoms with E-state index >= 15 is 0 Å². The van der Waals surface area contributed by atoms with Gasteiger partial charge in [-0.05, 0) is 73.8 Å². The summed E-state index contributed by atoms with van der Waals surface area (Å²) < 4.78 is 25.7. The number of nitrogens with zero attached hydrogens (tertiary/aromatic N) is 4. The largest absolute Gasteiger partial charge is 0.494 e. The van der Waals surface area contributed by atoms with Crippen molar-refractivity contribution in [3.63, 3.8) is 0 Å². The van der Waals surface area contributed by atoms with Gasteiger partial charge in [-0.15, -0.1) is 0 Å². The molecule has 1 N–H and O–H groups in total. The van der Waals surface area contributed by atoms with E-state index in [-0.39, 0.29) is 23.7 Å². The van der Waals surface area contributed by atoms with Crippen molar-refractivity contribution >= 4 is 34.4 Å². The summed E-state index contributed by atoms with van der Waals surface area (Å²) in [5, 5.41) is 8.93. The topological polar surface area (TPSA) is 108 Å². The molecular formula is C31H31ClFN5O4. The number of aromatic nitrogens is 4. The minimum atomic E-state index is -0.446. The van der Waals surface area contributed by atoms with Crippen LogP contribution in [0.5, 0.6) is 5.75 Å². The Bertz CT molecular complexity index is 1640. The second-order valence-electron chi connectivity index (χ2n) is 11.4. The quantitative estimate of drug-likeness (QED) is 0.253. The Morgan fingerprint density at radius 3 is 2.64 bits per heavy atom. The van der Waals surface area contributed by atoms with Crippen molar-refractivity contribution in [1.29, 1.82) is 0 Å². The molecule has 0 atom stereocenters. The molecule has 2 aliphatic carbocycles. The molecule has 2 aromatic carbocycles. The number of ether oxygens (including phenoxy) is 2. The van der Waals surface area contributed by atoms with E-state index in [0.717, 1.165) is 37.5 Å². The molecule has 9 nitrogen and oxygen atoms in total. The van der Waals surface area contributed by atoms with Crippen molar-refractivity contribution in [1.82, 2.24) is 25.1 Å². The molecule has 4 aromatic rings. The van der Waals surface area contributed by atoms with E-state index in [4.69, 9.17) is 21.1 Å². The molecule has 0 aliphatic heterocycles. The third-order valence-corrected chi connectivity index (χ3v) is 8.59. The Balaban J connectivity index is 1.12. The molecule has 2 saturated carbocycles. The standard InChI is InChI=1S/C31H31ClFN5O4/c1-18(39)42-6-5-19-10-31(11-19)12-23(13-31)37-30(40)25-9-22(32)7-21-14-36-38(29(21)25)17-24-15-35-27(16-34-24)20-3-4-26(33)28(8-20)41-2/h3-4,7-9,14-16,19,23H,5-6,10-13,17H2,1-2H3,(H,37,40). The van der Waals surface area contributed by atoms with Crippen LogP contribution in [0.3, 0.4) is 0 Å². The van der Waals surface area contributed by atoms with Crippen LogP contribution in [-0.2, 0) is 16.1 Å². The predicted octanol–water partition coefficient (Wildman–Crippen LogP) is 5.58. The Kier molecular flexibility index (Phi) is 7.57. The minimum absolute atomic E-state index is 0.112. The number of hydrogen-bond donors (Lipinski definition) is 1. The van der Waals surface area contributed by atoms with E-state index in [9.17, 15) is 14.0 Å². The number of benzene rings is 2. The molecule has 0 unspecified atom stereocenters. The smallest absolute Gasteiger partial charge is 0.302 e. The van der Waals surface area contributed by atoms with E-state index in [2.05, 4.69) is 20.4 Å². The highest BCUT2D eigenvalue weighted by Gasteiger charge is 2.52. The number of nitrogens with one attached hydrogen (secondary N) is 1. The highest BCUT2D eigenvalue weighted by molar-refractivity contribution is 6.32. The summed E-state index contributed by atoms with van der Waals surface area (Å²) in [6.45, 7) is 2.21. The lowest BCUT2D eigenvalue weighted by Gasteiger charge is -2.58. The van der Waals surface area contributed by atoms with Gasteiger partial charge in [-0.25, -0.2) is 4.39 Å². The maximum atomic E-state index is 13.8. The van der Waals surface area contributed by atoms with Gasteiger partial charge in [-0.2, -0.15) is 5.10 Å². The highest BCUT2D eigenvalue weighted by Crippen LogP contribution is 2.59. The zero-order chi connectivity index (χ0) is 29.4. The second-order valence-corrected chi connectivity index (χ2v) is 11.9. The zero-order valence-corrected chi connectivity index (χ0v) is 24.2. The van der Waals surface area contributed by atoms with E-state index in [1.54, 1.807) is 47.5 Å². The molecule has 0 radical (unpaired) electrons. The maximum absolute atomic E-state index is 13.8. The first-order valence-corrected chi connectivity index (χ1v) is 14.3. The number of rotatable bonds is 9. The number of fused-ring (bicyclic) bond motifs is 1. The second kappa shape index (κ2) is 11.3. The monoisotopic (exact) mass is 591 g/mol. The summed E-state index contributed by atoms with van der Waals surface area (Å²) >= 11 is 6.38. The van der Waals surface area contributed by atoms with Gasteiger partial charge < -0.3 is 14.8 Å². The van der Waals surface area contributed by atoms with Gasteiger partial charge in [0.15, 0.2) is 11.6 Å². The number of hydrogen-bond acceptors (Lipinski definition) is 7. The molecule has 42 heavy (non-hydrogen) atoms. The van der Waals surface area contributed by atoms with Crippen molar-refractivity contribution < 1.29 is 23.5 Å².